The molecule has 0 aliphatic carbocycles. The molecule has 10 heteroatoms. The van der Waals surface area contributed by atoms with Gasteiger partial charge in [0.1, 0.15) is 12.6 Å². The maximum atomic E-state index is 14.7. The minimum atomic E-state index is -4.21. The normalized spacial score (nSPS) is 12.0. The predicted molar refractivity (Wildman–Crippen MR) is 190 cm³/mol. The number of benzene rings is 4. The molecule has 0 bridgehead atoms. The van der Waals surface area contributed by atoms with Crippen LogP contribution in [0.3, 0.4) is 0 Å². The summed E-state index contributed by atoms with van der Waals surface area (Å²) < 4.78 is 29.8. The van der Waals surface area contributed by atoms with E-state index in [2.05, 4.69) is 5.32 Å². The van der Waals surface area contributed by atoms with Crippen LogP contribution >= 0.6 is 23.2 Å². The first-order valence-corrected chi connectivity index (χ1v) is 17.8. The molecule has 0 saturated heterocycles. The number of anilines is 1. The molecule has 0 saturated carbocycles. The summed E-state index contributed by atoms with van der Waals surface area (Å²) in [6, 6.07) is 25.3. The van der Waals surface area contributed by atoms with Gasteiger partial charge in [0, 0.05) is 29.6 Å². The fourth-order valence-corrected chi connectivity index (χ4v) is 7.19. The Morgan fingerprint density at radius 2 is 1.57 bits per heavy atom. The second kappa shape index (κ2) is 16.3. The molecule has 4 aromatic rings. The molecule has 0 aromatic heterocycles. The first kappa shape index (κ1) is 36.0. The second-order valence-corrected chi connectivity index (χ2v) is 14.4. The molecule has 4 aromatic carbocycles. The molecule has 0 heterocycles. The Labute approximate surface area is 288 Å². The molecule has 0 aliphatic heterocycles. The molecule has 1 N–H and O–H groups in total. The average Bonchev–Trinajstić information content (AvgIpc) is 3.04. The van der Waals surface area contributed by atoms with E-state index in [0.29, 0.717) is 27.8 Å². The molecule has 7 nitrogen and oxygen atoms in total. The number of hydrogen-bond acceptors (Lipinski definition) is 4. The Bertz CT molecular complexity index is 1800. The van der Waals surface area contributed by atoms with E-state index < -0.39 is 28.5 Å². The largest absolute Gasteiger partial charge is 0.354 e. The van der Waals surface area contributed by atoms with Gasteiger partial charge in [-0.25, -0.2) is 8.42 Å². The maximum absolute atomic E-state index is 14.7. The van der Waals surface area contributed by atoms with Crippen LogP contribution in [0.5, 0.6) is 0 Å². The monoisotopic (exact) mass is 693 g/mol. The third kappa shape index (κ3) is 9.15. The van der Waals surface area contributed by atoms with Crippen LogP contribution < -0.4 is 9.62 Å². The Morgan fingerprint density at radius 3 is 2.23 bits per heavy atom. The summed E-state index contributed by atoms with van der Waals surface area (Å²) >= 11 is 12.8. The van der Waals surface area contributed by atoms with Crippen LogP contribution in [0.2, 0.25) is 10.0 Å². The predicted octanol–water partition coefficient (Wildman–Crippen LogP) is 7.67. The van der Waals surface area contributed by atoms with Crippen LogP contribution in [0.4, 0.5) is 5.69 Å². The van der Waals surface area contributed by atoms with E-state index >= 15 is 0 Å². The van der Waals surface area contributed by atoms with Gasteiger partial charge >= 0.3 is 0 Å². The van der Waals surface area contributed by atoms with Crippen molar-refractivity contribution in [2.24, 2.45) is 0 Å². The lowest BCUT2D eigenvalue weighted by Crippen LogP contribution is -2.53. The van der Waals surface area contributed by atoms with Gasteiger partial charge in [0.25, 0.3) is 10.0 Å². The molecule has 47 heavy (non-hydrogen) atoms. The Kier molecular flexibility index (Phi) is 12.5. The third-order valence-corrected chi connectivity index (χ3v) is 10.5. The van der Waals surface area contributed by atoms with E-state index in [-0.39, 0.29) is 23.8 Å². The van der Waals surface area contributed by atoms with Crippen molar-refractivity contribution in [3.8, 4) is 0 Å². The number of halogens is 2. The molecule has 0 fully saturated rings. The van der Waals surface area contributed by atoms with Crippen molar-refractivity contribution in [1.29, 1.82) is 0 Å². The number of nitrogens with zero attached hydrogens (tertiary/aromatic N) is 2. The minimum Gasteiger partial charge on any atom is -0.354 e. The summed E-state index contributed by atoms with van der Waals surface area (Å²) in [5.41, 5.74) is 4.31. The molecule has 4 rings (SSSR count). The third-order valence-electron chi connectivity index (χ3n) is 8.19. The zero-order valence-corrected chi connectivity index (χ0v) is 29.5. The van der Waals surface area contributed by atoms with Gasteiger partial charge in [-0.1, -0.05) is 103 Å². The standard InChI is InChI=1S/C37H41Cl2N3O4S/c1-5-6-21-40-37(44)35(22-29-12-8-7-9-13-29)41(24-30-17-18-31(38)23-33(30)39)36(43)25-42(34-14-10-11-27(3)28(34)4)47(45,46)32-19-15-26(2)16-20-32/h7-20,23,35H,5-6,21-22,24-25H2,1-4H3,(H,40,44)/t35-/m0/s1. The van der Waals surface area contributed by atoms with Gasteiger partial charge in [0.2, 0.25) is 11.8 Å². The van der Waals surface area contributed by atoms with Crippen LogP contribution in [0.1, 0.15) is 47.6 Å². The second-order valence-electron chi connectivity index (χ2n) is 11.7. The van der Waals surface area contributed by atoms with E-state index in [0.717, 1.165) is 39.4 Å². The Hall–Kier alpha value is -3.85. The average molecular weight is 695 g/mol. The summed E-state index contributed by atoms with van der Waals surface area (Å²) in [6.45, 7) is 7.49. The molecule has 0 spiro atoms. The summed E-state index contributed by atoms with van der Waals surface area (Å²) in [6.07, 6.45) is 1.87. The maximum Gasteiger partial charge on any atom is 0.264 e. The number of carbonyl (C=O) groups is 2. The smallest absolute Gasteiger partial charge is 0.264 e. The van der Waals surface area contributed by atoms with Gasteiger partial charge in [0.15, 0.2) is 0 Å². The number of sulfonamides is 1. The Balaban J connectivity index is 1.84. The molecule has 1 atom stereocenters. The minimum absolute atomic E-state index is 0.0429. The first-order chi connectivity index (χ1) is 22.4. The molecule has 2 amide bonds. The van der Waals surface area contributed by atoms with Crippen molar-refractivity contribution in [3.63, 3.8) is 0 Å². The fraction of sp³-hybridized carbons (Fsp3) is 0.297. The van der Waals surface area contributed by atoms with Gasteiger partial charge in [-0.15, -0.1) is 0 Å². The van der Waals surface area contributed by atoms with Crippen molar-refractivity contribution >= 4 is 50.7 Å². The number of amides is 2. The van der Waals surface area contributed by atoms with Gasteiger partial charge < -0.3 is 10.2 Å². The highest BCUT2D eigenvalue weighted by atomic mass is 35.5. The van der Waals surface area contributed by atoms with Crippen molar-refractivity contribution in [3.05, 3.63) is 129 Å². The first-order valence-electron chi connectivity index (χ1n) is 15.6. The molecule has 0 radical (unpaired) electrons. The fourth-order valence-electron chi connectivity index (χ4n) is 5.25. The SMILES string of the molecule is CCCCNC(=O)[C@H](Cc1ccccc1)N(Cc1ccc(Cl)cc1Cl)C(=O)CN(c1cccc(C)c1C)S(=O)(=O)c1ccc(C)cc1. The van der Waals surface area contributed by atoms with Crippen LogP contribution in [0.25, 0.3) is 0 Å². The lowest BCUT2D eigenvalue weighted by Gasteiger charge is -2.34. The molecule has 0 unspecified atom stereocenters. The van der Waals surface area contributed by atoms with Gasteiger partial charge in [-0.05, 0) is 79.8 Å². The molecular weight excluding hydrogens is 653 g/mol. The van der Waals surface area contributed by atoms with E-state index in [4.69, 9.17) is 23.2 Å². The van der Waals surface area contributed by atoms with E-state index in [9.17, 15) is 18.0 Å². The highest BCUT2D eigenvalue weighted by Gasteiger charge is 2.35. The van der Waals surface area contributed by atoms with E-state index in [1.807, 2.05) is 64.1 Å². The molecule has 248 valence electrons. The molecular formula is C37H41Cl2N3O4S. The highest BCUT2D eigenvalue weighted by molar-refractivity contribution is 7.92. The van der Waals surface area contributed by atoms with Crippen molar-refractivity contribution < 1.29 is 18.0 Å². The summed E-state index contributed by atoms with van der Waals surface area (Å²) in [5.74, 6) is -0.889. The number of rotatable bonds is 14. The lowest BCUT2D eigenvalue weighted by molar-refractivity contribution is -0.140. The van der Waals surface area contributed by atoms with Gasteiger partial charge in [-0.2, -0.15) is 0 Å². The van der Waals surface area contributed by atoms with E-state index in [1.54, 1.807) is 42.5 Å². The summed E-state index contributed by atoms with van der Waals surface area (Å²) in [5, 5.41) is 3.76. The topological polar surface area (TPSA) is 86.8 Å². The number of hydrogen-bond donors (Lipinski definition) is 1. The summed E-state index contributed by atoms with van der Waals surface area (Å²) in [7, 11) is -4.21. The highest BCUT2D eigenvalue weighted by Crippen LogP contribution is 2.30. The van der Waals surface area contributed by atoms with Crippen molar-refractivity contribution in [2.45, 2.75) is 64.4 Å². The van der Waals surface area contributed by atoms with Crippen molar-refractivity contribution in [1.82, 2.24) is 10.2 Å². The van der Waals surface area contributed by atoms with E-state index in [1.165, 1.54) is 17.0 Å². The van der Waals surface area contributed by atoms with Gasteiger partial charge in [0.05, 0.1) is 10.6 Å². The zero-order valence-electron chi connectivity index (χ0n) is 27.2. The number of nitrogens with one attached hydrogen (secondary N) is 1. The van der Waals surface area contributed by atoms with Crippen molar-refractivity contribution in [2.75, 3.05) is 17.4 Å². The number of carbonyl (C=O) groups excluding carboxylic acids is 2. The number of unbranched alkanes of at least 4 members (excludes halogenated alkanes) is 1. The van der Waals surface area contributed by atoms with Gasteiger partial charge in [-0.3, -0.25) is 13.9 Å². The lowest BCUT2D eigenvalue weighted by atomic mass is 10.0. The van der Waals surface area contributed by atoms with Crippen LogP contribution in [-0.4, -0.2) is 44.3 Å². The molecule has 0 aliphatic rings. The van der Waals surface area contributed by atoms with Crippen LogP contribution in [0, 0.1) is 20.8 Å². The summed E-state index contributed by atoms with van der Waals surface area (Å²) in [4.78, 5) is 30.1. The number of aryl methyl sites for hydroxylation is 2. The van der Waals surface area contributed by atoms with Crippen LogP contribution in [0.15, 0.2) is 95.9 Å². The zero-order chi connectivity index (χ0) is 34.1. The quantitative estimate of drug-likeness (QED) is 0.137. The Morgan fingerprint density at radius 1 is 0.872 bits per heavy atom. The van der Waals surface area contributed by atoms with Crippen LogP contribution in [-0.2, 0) is 32.6 Å².